The summed E-state index contributed by atoms with van der Waals surface area (Å²) >= 11 is 0. The molecule has 2 unspecified atom stereocenters. The maximum absolute atomic E-state index is 12.8. The average molecular weight is 1370 g/mol. The first-order valence-corrected chi connectivity index (χ1v) is 41.8. The highest BCUT2D eigenvalue weighted by molar-refractivity contribution is 7.47. The van der Waals surface area contributed by atoms with Gasteiger partial charge in [-0.25, -0.2) is 4.57 Å². The molecule has 9 nitrogen and oxygen atoms in total. The zero-order valence-electron chi connectivity index (χ0n) is 62.8. The number of hydrogen-bond donors (Lipinski definition) is 2. The van der Waals surface area contributed by atoms with Crippen LogP contribution in [0.2, 0.25) is 0 Å². The van der Waals surface area contributed by atoms with E-state index in [2.05, 4.69) is 160 Å². The van der Waals surface area contributed by atoms with E-state index in [0.29, 0.717) is 6.42 Å². The quantitative estimate of drug-likeness (QED) is 0.0264. The lowest BCUT2D eigenvalue weighted by Gasteiger charge is -2.19. The fourth-order valence-corrected chi connectivity index (χ4v) is 12.1. The molecule has 0 saturated heterocycles. The van der Waals surface area contributed by atoms with Crippen LogP contribution in [0.5, 0.6) is 0 Å². The number of unbranched alkanes of at least 4 members (excludes halogenated alkanes) is 38. The average Bonchev–Trinajstić information content (AvgIpc) is 2.69. The van der Waals surface area contributed by atoms with Crippen LogP contribution in [0.3, 0.4) is 0 Å². The first-order valence-electron chi connectivity index (χ1n) is 40.3. The summed E-state index contributed by atoms with van der Waals surface area (Å²) in [4.78, 5) is 35.4. The first kappa shape index (κ1) is 92.9. The second-order valence-corrected chi connectivity index (χ2v) is 28.0. The van der Waals surface area contributed by atoms with Gasteiger partial charge in [0.2, 0.25) is 0 Å². The molecule has 0 bridgehead atoms. The Hall–Kier alpha value is -4.11. The molecule has 0 rings (SSSR count). The molecule has 0 aromatic carbocycles. The second kappa shape index (κ2) is 80.9. The van der Waals surface area contributed by atoms with Crippen molar-refractivity contribution in [3.8, 4) is 0 Å². The molecule has 97 heavy (non-hydrogen) atoms. The van der Waals surface area contributed by atoms with Crippen molar-refractivity contribution in [1.29, 1.82) is 0 Å². The van der Waals surface area contributed by atoms with Gasteiger partial charge in [-0.2, -0.15) is 0 Å². The third kappa shape index (κ3) is 80.8. The van der Waals surface area contributed by atoms with Crippen molar-refractivity contribution in [3.63, 3.8) is 0 Å². The van der Waals surface area contributed by atoms with E-state index < -0.39 is 26.5 Å². The Bertz CT molecular complexity index is 2110. The van der Waals surface area contributed by atoms with E-state index in [0.717, 1.165) is 116 Å². The van der Waals surface area contributed by atoms with Crippen LogP contribution in [0.4, 0.5) is 0 Å². The van der Waals surface area contributed by atoms with Crippen molar-refractivity contribution in [3.05, 3.63) is 146 Å². The minimum Gasteiger partial charge on any atom is -0.462 e. The van der Waals surface area contributed by atoms with Crippen LogP contribution < -0.4 is 5.73 Å². The van der Waals surface area contributed by atoms with Crippen LogP contribution in [-0.2, 0) is 32.7 Å². The number of nitrogens with two attached hydrogens (primary N) is 1. The van der Waals surface area contributed by atoms with E-state index in [9.17, 15) is 19.0 Å². The third-order valence-corrected chi connectivity index (χ3v) is 18.2. The number of rotatable bonds is 75. The van der Waals surface area contributed by atoms with Gasteiger partial charge in [-0.1, -0.05) is 372 Å². The van der Waals surface area contributed by atoms with Gasteiger partial charge in [-0.15, -0.1) is 0 Å². The monoisotopic (exact) mass is 1370 g/mol. The van der Waals surface area contributed by atoms with E-state index >= 15 is 0 Å². The Kier molecular flexibility index (Phi) is 77.4. The number of carbonyl (C=O) groups excluding carboxylic acids is 2. The first-order chi connectivity index (χ1) is 47.8. The van der Waals surface area contributed by atoms with Gasteiger partial charge in [-0.3, -0.25) is 18.6 Å². The highest BCUT2D eigenvalue weighted by atomic mass is 31.2. The molecule has 0 aliphatic rings. The number of phosphoric ester groups is 1. The van der Waals surface area contributed by atoms with E-state index in [1.165, 1.54) is 212 Å². The van der Waals surface area contributed by atoms with Gasteiger partial charge in [0, 0.05) is 19.4 Å². The summed E-state index contributed by atoms with van der Waals surface area (Å²) in [7, 11) is -4.41. The van der Waals surface area contributed by atoms with E-state index in [-0.39, 0.29) is 38.6 Å². The van der Waals surface area contributed by atoms with Crippen LogP contribution in [0.1, 0.15) is 361 Å². The molecule has 0 aliphatic carbocycles. The summed E-state index contributed by atoms with van der Waals surface area (Å²) < 4.78 is 33.2. The summed E-state index contributed by atoms with van der Waals surface area (Å²) in [5.74, 6) is -0.853. The number of carbonyl (C=O) groups is 2. The summed E-state index contributed by atoms with van der Waals surface area (Å²) in [6.07, 6.45) is 117. The molecular formula is C87H150NO8P. The fraction of sp³-hybridized carbons (Fsp3) is 0.701. The zero-order valence-corrected chi connectivity index (χ0v) is 63.7. The SMILES string of the molecule is CC/C=C\C/C=C\C/C=C\C/C=C\C/C=C\C/C=C\C/C=C\C/C=C\C/C=C\C/C=C\CCCCCCC(=O)OC(COC(=O)CCCCCCCCCCCCCCCCCCCCCCCCCCCCCCC/C=C\C/C=C\CCCCCCC)COP(=O)(O)OCCN. The molecule has 0 heterocycles. The Balaban J connectivity index is 3.86. The molecule has 10 heteroatoms. The van der Waals surface area contributed by atoms with Crippen LogP contribution in [0, 0.1) is 0 Å². The van der Waals surface area contributed by atoms with Crippen LogP contribution in [0.25, 0.3) is 0 Å². The lowest BCUT2D eigenvalue weighted by atomic mass is 10.0. The van der Waals surface area contributed by atoms with Gasteiger partial charge in [0.15, 0.2) is 6.10 Å². The van der Waals surface area contributed by atoms with Gasteiger partial charge in [0.25, 0.3) is 0 Å². The largest absolute Gasteiger partial charge is 0.472 e. The number of phosphoric acid groups is 1. The molecular weight excluding hydrogens is 1220 g/mol. The molecule has 0 amide bonds. The number of ether oxygens (including phenoxy) is 2. The molecule has 0 aromatic rings. The maximum atomic E-state index is 12.8. The predicted octanol–water partition coefficient (Wildman–Crippen LogP) is 27.3. The van der Waals surface area contributed by atoms with Gasteiger partial charge < -0.3 is 20.1 Å². The van der Waals surface area contributed by atoms with Crippen molar-refractivity contribution >= 4 is 19.8 Å². The lowest BCUT2D eigenvalue weighted by molar-refractivity contribution is -0.161. The Morgan fingerprint density at radius 2 is 0.567 bits per heavy atom. The molecule has 0 spiro atoms. The molecule has 2 atom stereocenters. The van der Waals surface area contributed by atoms with Crippen molar-refractivity contribution in [2.24, 2.45) is 5.73 Å². The van der Waals surface area contributed by atoms with E-state index in [4.69, 9.17) is 24.3 Å². The minimum absolute atomic E-state index is 0.0432. The van der Waals surface area contributed by atoms with Gasteiger partial charge in [0.1, 0.15) is 6.61 Å². The molecule has 556 valence electrons. The molecule has 3 N–H and O–H groups in total. The second-order valence-electron chi connectivity index (χ2n) is 26.6. The molecule has 0 aliphatic heterocycles. The normalized spacial score (nSPS) is 13.6. The highest BCUT2D eigenvalue weighted by Gasteiger charge is 2.26. The van der Waals surface area contributed by atoms with Crippen LogP contribution in [0.15, 0.2) is 146 Å². The molecule has 0 fully saturated rings. The molecule has 0 saturated carbocycles. The van der Waals surface area contributed by atoms with Crippen LogP contribution >= 0.6 is 7.82 Å². The topological polar surface area (TPSA) is 134 Å². The molecule has 0 aromatic heterocycles. The van der Waals surface area contributed by atoms with Crippen molar-refractivity contribution in [1.82, 2.24) is 0 Å². The van der Waals surface area contributed by atoms with Gasteiger partial charge in [0.05, 0.1) is 13.2 Å². The Labute approximate surface area is 598 Å². The van der Waals surface area contributed by atoms with Crippen molar-refractivity contribution in [2.45, 2.75) is 367 Å². The van der Waals surface area contributed by atoms with E-state index in [1.54, 1.807) is 0 Å². The standard InChI is InChI=1S/C87H150NO8P/c1-3-5-7-9-11-13-15-17-19-21-23-25-27-29-31-33-35-37-39-40-41-42-43-44-46-47-49-51-53-55-57-59-61-63-65-67-69-71-73-75-77-79-86(89)93-83-85(84-95-97(91,92)94-82-81-88)96-87(90)80-78-76-74-72-70-68-66-64-62-60-58-56-54-52-50-48-45-38-36-34-32-30-28-26-24-22-20-18-16-14-12-10-8-6-4-2/h6,8,12,14-15,17-18,20-21,23-24,26,30,32,36,38,48,50,54,56,60,62,66,68,85H,3-5,7,9-11,13,16,19,22,25,27-29,31,33-35,37,39-47,49,51-53,55,57-59,61,63-65,67,69-84,88H2,1-2H3,(H,91,92)/b8-6-,14-12-,17-15-,20-18-,23-21-,26-24-,32-30-,38-36-,50-48-,56-54-,62-60-,68-66-. The van der Waals surface area contributed by atoms with Gasteiger partial charge in [-0.05, 0) is 122 Å². The number of allylic oxidation sites excluding steroid dienone is 24. The molecule has 0 radical (unpaired) electrons. The van der Waals surface area contributed by atoms with E-state index in [1.807, 2.05) is 0 Å². The Morgan fingerprint density at radius 3 is 0.845 bits per heavy atom. The minimum atomic E-state index is -4.41. The summed E-state index contributed by atoms with van der Waals surface area (Å²) in [5.41, 5.74) is 5.41. The summed E-state index contributed by atoms with van der Waals surface area (Å²) in [6, 6.07) is 0. The maximum Gasteiger partial charge on any atom is 0.472 e. The van der Waals surface area contributed by atoms with Crippen molar-refractivity contribution < 1.29 is 37.6 Å². The Morgan fingerprint density at radius 1 is 0.320 bits per heavy atom. The summed E-state index contributed by atoms with van der Waals surface area (Å²) in [6.45, 7) is 3.61. The van der Waals surface area contributed by atoms with Crippen molar-refractivity contribution in [2.75, 3.05) is 26.4 Å². The zero-order chi connectivity index (χ0) is 70.0. The number of hydrogen-bond acceptors (Lipinski definition) is 8. The highest BCUT2D eigenvalue weighted by Crippen LogP contribution is 2.43. The predicted molar refractivity (Wildman–Crippen MR) is 422 cm³/mol. The fourth-order valence-electron chi connectivity index (χ4n) is 11.3. The smallest absolute Gasteiger partial charge is 0.462 e. The van der Waals surface area contributed by atoms with Gasteiger partial charge >= 0.3 is 19.8 Å². The third-order valence-electron chi connectivity index (χ3n) is 17.2. The lowest BCUT2D eigenvalue weighted by Crippen LogP contribution is -2.29. The van der Waals surface area contributed by atoms with Crippen LogP contribution in [-0.4, -0.2) is 49.3 Å². The number of esters is 2. The summed E-state index contributed by atoms with van der Waals surface area (Å²) in [5, 5.41) is 0.